The molecular formula is C14H13NO2. The zero-order valence-electron chi connectivity index (χ0n) is 9.57. The van der Waals surface area contributed by atoms with Crippen LogP contribution in [0.1, 0.15) is 22.8 Å². The van der Waals surface area contributed by atoms with Crippen molar-refractivity contribution in [3.8, 4) is 11.1 Å². The minimum absolute atomic E-state index is 0.0205. The number of ketones is 1. The average molecular weight is 227 g/mol. The SMILES string of the molecule is CC(=O)Cc1cc2cccccc-2c1C(N)=O. The van der Waals surface area contributed by atoms with E-state index in [1.165, 1.54) is 6.92 Å². The molecule has 1 amide bonds. The summed E-state index contributed by atoms with van der Waals surface area (Å²) in [6.45, 7) is 1.50. The van der Waals surface area contributed by atoms with Gasteiger partial charge >= 0.3 is 0 Å². The van der Waals surface area contributed by atoms with Crippen molar-refractivity contribution in [3.05, 3.63) is 47.5 Å². The number of amides is 1. The lowest BCUT2D eigenvalue weighted by Crippen LogP contribution is -2.14. The van der Waals surface area contributed by atoms with E-state index in [1.807, 2.05) is 36.4 Å². The molecule has 0 fully saturated rings. The van der Waals surface area contributed by atoms with Gasteiger partial charge in [0.05, 0.1) is 5.56 Å². The minimum Gasteiger partial charge on any atom is -0.366 e. The van der Waals surface area contributed by atoms with Crippen LogP contribution < -0.4 is 5.73 Å². The highest BCUT2D eigenvalue weighted by Gasteiger charge is 2.19. The number of primary amides is 1. The van der Waals surface area contributed by atoms with E-state index in [-0.39, 0.29) is 12.2 Å². The lowest BCUT2D eigenvalue weighted by atomic mass is 10.1. The largest absolute Gasteiger partial charge is 0.366 e. The van der Waals surface area contributed by atoms with Gasteiger partial charge in [-0.15, -0.1) is 0 Å². The third kappa shape index (κ3) is 2.18. The second-order valence-corrected chi connectivity index (χ2v) is 4.07. The summed E-state index contributed by atoms with van der Waals surface area (Å²) in [5, 5.41) is 0. The summed E-state index contributed by atoms with van der Waals surface area (Å²) in [4.78, 5) is 22.7. The third-order valence-electron chi connectivity index (χ3n) is 2.68. The monoisotopic (exact) mass is 227 g/mol. The number of nitrogens with two attached hydrogens (primary N) is 1. The van der Waals surface area contributed by atoms with Gasteiger partial charge in [-0.1, -0.05) is 30.3 Å². The number of Topliss-reactive ketones (excluding diaryl/α,β-unsaturated/α-hetero) is 1. The molecule has 0 spiro atoms. The van der Waals surface area contributed by atoms with E-state index in [1.54, 1.807) is 0 Å². The van der Waals surface area contributed by atoms with Gasteiger partial charge in [0.1, 0.15) is 5.78 Å². The van der Waals surface area contributed by atoms with Gasteiger partial charge in [0.15, 0.2) is 0 Å². The Kier molecular flexibility index (Phi) is 2.91. The molecule has 0 saturated carbocycles. The molecule has 3 heteroatoms. The molecule has 2 aliphatic carbocycles. The first-order valence-corrected chi connectivity index (χ1v) is 5.39. The van der Waals surface area contributed by atoms with E-state index in [0.717, 1.165) is 11.1 Å². The Labute approximate surface area is 99.6 Å². The Morgan fingerprint density at radius 3 is 2.53 bits per heavy atom. The third-order valence-corrected chi connectivity index (χ3v) is 2.68. The first-order chi connectivity index (χ1) is 8.09. The fourth-order valence-electron chi connectivity index (χ4n) is 2.05. The van der Waals surface area contributed by atoms with Crippen LogP contribution in [0.25, 0.3) is 11.1 Å². The molecule has 2 aliphatic rings. The highest BCUT2D eigenvalue weighted by Crippen LogP contribution is 2.31. The maximum absolute atomic E-state index is 11.5. The molecule has 0 aromatic rings. The molecule has 0 heterocycles. The summed E-state index contributed by atoms with van der Waals surface area (Å²) < 4.78 is 0. The van der Waals surface area contributed by atoms with Crippen molar-refractivity contribution in [2.75, 3.05) is 0 Å². The van der Waals surface area contributed by atoms with Crippen LogP contribution in [0.5, 0.6) is 0 Å². The number of hydrogen-bond acceptors (Lipinski definition) is 2. The summed E-state index contributed by atoms with van der Waals surface area (Å²) in [7, 11) is 0. The fourth-order valence-corrected chi connectivity index (χ4v) is 2.05. The van der Waals surface area contributed by atoms with E-state index in [2.05, 4.69) is 0 Å². The Morgan fingerprint density at radius 1 is 1.18 bits per heavy atom. The molecule has 0 aromatic heterocycles. The molecule has 2 rings (SSSR count). The number of fused-ring (bicyclic) bond motifs is 1. The predicted molar refractivity (Wildman–Crippen MR) is 66.0 cm³/mol. The van der Waals surface area contributed by atoms with Crippen LogP contribution in [0, 0.1) is 0 Å². The van der Waals surface area contributed by atoms with Gasteiger partial charge in [-0.2, -0.15) is 0 Å². The molecule has 0 aliphatic heterocycles. The van der Waals surface area contributed by atoms with Crippen molar-refractivity contribution in [1.29, 1.82) is 0 Å². The van der Waals surface area contributed by atoms with Gasteiger partial charge in [0.25, 0.3) is 0 Å². The Bertz CT molecular complexity index is 560. The van der Waals surface area contributed by atoms with Crippen LogP contribution >= 0.6 is 0 Å². The van der Waals surface area contributed by atoms with E-state index >= 15 is 0 Å². The Hall–Kier alpha value is -2.16. The van der Waals surface area contributed by atoms with Crippen LogP contribution in [0.3, 0.4) is 0 Å². The zero-order chi connectivity index (χ0) is 12.4. The molecule has 0 atom stereocenters. The van der Waals surface area contributed by atoms with Gasteiger partial charge < -0.3 is 5.73 Å². The van der Waals surface area contributed by atoms with Crippen molar-refractivity contribution in [1.82, 2.24) is 0 Å². The first kappa shape index (κ1) is 11.3. The number of rotatable bonds is 3. The highest BCUT2D eigenvalue weighted by atomic mass is 16.1. The summed E-state index contributed by atoms with van der Waals surface area (Å²) in [5.41, 5.74) is 8.30. The van der Waals surface area contributed by atoms with Gasteiger partial charge in [-0.05, 0) is 29.7 Å². The predicted octanol–water partition coefficient (Wildman–Crippen LogP) is 2.02. The molecule has 3 nitrogen and oxygen atoms in total. The fraction of sp³-hybridized carbons (Fsp3) is 0.143. The average Bonchev–Trinajstić information content (AvgIpc) is 2.42. The molecular weight excluding hydrogens is 214 g/mol. The molecule has 2 N–H and O–H groups in total. The van der Waals surface area contributed by atoms with E-state index in [4.69, 9.17) is 5.73 Å². The maximum Gasteiger partial charge on any atom is 0.249 e. The second-order valence-electron chi connectivity index (χ2n) is 4.07. The number of carbonyl (C=O) groups excluding carboxylic acids is 2. The van der Waals surface area contributed by atoms with E-state index in [9.17, 15) is 9.59 Å². The molecule has 0 radical (unpaired) electrons. The molecule has 0 unspecified atom stereocenters. The van der Waals surface area contributed by atoms with Crippen LogP contribution in [-0.4, -0.2) is 11.7 Å². The summed E-state index contributed by atoms with van der Waals surface area (Å²) in [5.74, 6) is -0.463. The van der Waals surface area contributed by atoms with Gasteiger partial charge in [0, 0.05) is 6.42 Å². The minimum atomic E-state index is -0.484. The zero-order valence-corrected chi connectivity index (χ0v) is 9.57. The van der Waals surface area contributed by atoms with Crippen molar-refractivity contribution >= 4 is 11.7 Å². The lowest BCUT2D eigenvalue weighted by Gasteiger charge is -1.99. The van der Waals surface area contributed by atoms with E-state index < -0.39 is 5.91 Å². The van der Waals surface area contributed by atoms with Crippen LogP contribution in [0.15, 0.2) is 36.4 Å². The maximum atomic E-state index is 11.5. The normalized spacial score (nSPS) is 10.4. The molecule has 0 saturated heterocycles. The second kappa shape index (κ2) is 4.37. The smallest absolute Gasteiger partial charge is 0.249 e. The molecule has 0 bridgehead atoms. The van der Waals surface area contributed by atoms with Crippen LogP contribution in [0.4, 0.5) is 0 Å². The number of carbonyl (C=O) groups is 2. The quantitative estimate of drug-likeness (QED) is 0.872. The lowest BCUT2D eigenvalue weighted by molar-refractivity contribution is -0.116. The van der Waals surface area contributed by atoms with Crippen molar-refractivity contribution in [2.45, 2.75) is 13.3 Å². The Balaban J connectivity index is 2.66. The Morgan fingerprint density at radius 2 is 1.88 bits per heavy atom. The van der Waals surface area contributed by atoms with Crippen molar-refractivity contribution in [2.24, 2.45) is 5.73 Å². The number of hydrogen-bond donors (Lipinski definition) is 1. The highest BCUT2D eigenvalue weighted by molar-refractivity contribution is 6.04. The van der Waals surface area contributed by atoms with Crippen molar-refractivity contribution in [3.63, 3.8) is 0 Å². The topological polar surface area (TPSA) is 60.2 Å². The summed E-state index contributed by atoms with van der Waals surface area (Å²) in [6, 6.07) is 11.2. The molecule has 17 heavy (non-hydrogen) atoms. The summed E-state index contributed by atoms with van der Waals surface area (Å²) in [6.07, 6.45) is 0.247. The van der Waals surface area contributed by atoms with Gasteiger partial charge in [0.2, 0.25) is 5.91 Å². The van der Waals surface area contributed by atoms with Gasteiger partial charge in [-0.25, -0.2) is 0 Å². The molecule has 0 aromatic carbocycles. The summed E-state index contributed by atoms with van der Waals surface area (Å²) >= 11 is 0. The van der Waals surface area contributed by atoms with Crippen molar-refractivity contribution < 1.29 is 9.59 Å². The standard InChI is InChI=1S/C14H13NO2/c1-9(16)7-11-8-10-5-3-2-4-6-12(10)13(11)14(15)17/h2-6,8H,7H2,1H3,(H2,15,17). The van der Waals surface area contributed by atoms with Crippen LogP contribution in [-0.2, 0) is 11.2 Å². The van der Waals surface area contributed by atoms with Gasteiger partial charge in [-0.3, -0.25) is 9.59 Å². The van der Waals surface area contributed by atoms with E-state index in [0.29, 0.717) is 11.1 Å². The first-order valence-electron chi connectivity index (χ1n) is 5.39. The van der Waals surface area contributed by atoms with Crippen LogP contribution in [0.2, 0.25) is 0 Å². The molecule has 86 valence electrons.